The largest absolute Gasteiger partial charge is 0.359 e. The van der Waals surface area contributed by atoms with Gasteiger partial charge in [0.1, 0.15) is 11.6 Å². The van der Waals surface area contributed by atoms with E-state index in [2.05, 4.69) is 41.5 Å². The second-order valence-electron chi connectivity index (χ2n) is 12.8. The van der Waals surface area contributed by atoms with E-state index >= 15 is 0 Å². The Labute approximate surface area is 258 Å². The van der Waals surface area contributed by atoms with E-state index < -0.39 is 29.6 Å². The lowest BCUT2D eigenvalue weighted by Crippen LogP contribution is -2.58. The minimum absolute atomic E-state index is 0.0380. The zero-order valence-corrected chi connectivity index (χ0v) is 25.8. The normalized spacial score (nSPS) is 32.7. The van der Waals surface area contributed by atoms with Crippen molar-refractivity contribution >= 4 is 35.0 Å². The van der Waals surface area contributed by atoms with Gasteiger partial charge in [-0.15, -0.1) is 0 Å². The predicted molar refractivity (Wildman–Crippen MR) is 166 cm³/mol. The van der Waals surface area contributed by atoms with E-state index in [4.69, 9.17) is 16.3 Å². The Kier molecular flexibility index (Phi) is 8.37. The molecule has 0 aromatic heterocycles. The zero-order valence-electron chi connectivity index (χ0n) is 25.0. The van der Waals surface area contributed by atoms with Gasteiger partial charge in [0.25, 0.3) is 0 Å². The summed E-state index contributed by atoms with van der Waals surface area (Å²) in [5.41, 5.74) is 0.580. The van der Waals surface area contributed by atoms with Gasteiger partial charge in [-0.1, -0.05) is 80.8 Å². The van der Waals surface area contributed by atoms with Gasteiger partial charge in [-0.3, -0.25) is 14.4 Å². The summed E-state index contributed by atoms with van der Waals surface area (Å²) < 4.78 is 6.52. The lowest BCUT2D eigenvalue weighted by atomic mass is 9.73. The summed E-state index contributed by atoms with van der Waals surface area (Å²) in [6.07, 6.45) is 6.28. The van der Waals surface area contributed by atoms with Crippen molar-refractivity contribution in [3.05, 3.63) is 77.3 Å². The molecule has 43 heavy (non-hydrogen) atoms. The van der Waals surface area contributed by atoms with Crippen LogP contribution in [0.2, 0.25) is 5.02 Å². The minimum Gasteiger partial charge on any atom is -0.359 e. The molecule has 2 N–H and O–H groups in total. The quantitative estimate of drug-likeness (QED) is 0.411. The highest BCUT2D eigenvalue weighted by molar-refractivity contribution is 6.30. The van der Waals surface area contributed by atoms with Crippen LogP contribution in [0.4, 0.5) is 5.69 Å². The molecule has 2 aromatic carbocycles. The highest BCUT2D eigenvalue weighted by Crippen LogP contribution is 2.55. The number of carbonyl (C=O) groups excluding carboxylic acids is 3. The van der Waals surface area contributed by atoms with Crippen LogP contribution < -0.4 is 10.6 Å². The van der Waals surface area contributed by atoms with Crippen LogP contribution in [-0.4, -0.2) is 71.4 Å². The Morgan fingerprint density at radius 1 is 1.07 bits per heavy atom. The summed E-state index contributed by atoms with van der Waals surface area (Å²) in [5.74, 6) is -1.39. The van der Waals surface area contributed by atoms with E-state index in [9.17, 15) is 14.4 Å². The molecule has 1 saturated carbocycles. The van der Waals surface area contributed by atoms with Crippen molar-refractivity contribution in [1.29, 1.82) is 0 Å². The van der Waals surface area contributed by atoms with Crippen LogP contribution in [0, 0.1) is 23.7 Å². The maximum Gasteiger partial charge on any atom is 0.246 e. The van der Waals surface area contributed by atoms with Gasteiger partial charge < -0.3 is 25.2 Å². The number of hydrogen-bond donors (Lipinski definition) is 2. The van der Waals surface area contributed by atoms with Crippen molar-refractivity contribution in [1.82, 2.24) is 15.1 Å². The molecular weight excluding hydrogens is 564 g/mol. The number of likely N-dealkylation sites (tertiary alicyclic amines) is 1. The van der Waals surface area contributed by atoms with E-state index in [1.165, 1.54) is 5.56 Å². The average Bonchev–Trinajstić information content (AvgIpc) is 3.63. The van der Waals surface area contributed by atoms with E-state index in [-0.39, 0.29) is 23.8 Å². The summed E-state index contributed by atoms with van der Waals surface area (Å²) >= 11 is 6.03. The van der Waals surface area contributed by atoms with Crippen LogP contribution in [0.5, 0.6) is 0 Å². The topological polar surface area (TPSA) is 91.0 Å². The Hall–Kier alpha value is -3.20. The standard InChI is InChI=1S/C34H41ClN4O4/c1-21-8-7-11-26(22(21)2)37-32(41)30-34-17-16-27(43-34)28(31(40)36-25-14-12-24(35)13-15-25)29(34)33(42)39(30)19-18-38(3)20-23-9-5-4-6-10-23/h4-6,9-10,12-17,21-22,26-30H,7-8,11,18-20H2,1-3H3,(H,36,40)(H,37,41)/t21-,22-,26+,27+,28-,29+,30+,34+/m1/s1. The number of halogens is 1. The molecule has 0 radical (unpaired) electrons. The van der Waals surface area contributed by atoms with Crippen molar-refractivity contribution in [2.45, 2.75) is 63.4 Å². The van der Waals surface area contributed by atoms with Crippen molar-refractivity contribution in [3.8, 4) is 0 Å². The first-order chi connectivity index (χ1) is 20.7. The molecule has 3 aliphatic heterocycles. The molecule has 9 heteroatoms. The number of fused-ring (bicyclic) bond motifs is 1. The monoisotopic (exact) mass is 604 g/mol. The van der Waals surface area contributed by atoms with Gasteiger partial charge in [-0.05, 0) is 55.1 Å². The fourth-order valence-electron chi connectivity index (χ4n) is 7.57. The molecule has 2 saturated heterocycles. The smallest absolute Gasteiger partial charge is 0.246 e. The second-order valence-corrected chi connectivity index (χ2v) is 13.3. The van der Waals surface area contributed by atoms with Crippen LogP contribution in [0.3, 0.4) is 0 Å². The predicted octanol–water partition coefficient (Wildman–Crippen LogP) is 4.50. The molecule has 8 atom stereocenters. The molecule has 0 unspecified atom stereocenters. The Morgan fingerprint density at radius 3 is 2.56 bits per heavy atom. The average molecular weight is 605 g/mol. The number of rotatable bonds is 9. The number of nitrogens with zero attached hydrogens (tertiary/aromatic N) is 2. The van der Waals surface area contributed by atoms with Gasteiger partial charge in [0, 0.05) is 36.4 Å². The first-order valence-corrected chi connectivity index (χ1v) is 15.8. The van der Waals surface area contributed by atoms with Crippen molar-refractivity contribution in [3.63, 3.8) is 0 Å². The molecule has 3 fully saturated rings. The molecule has 2 aromatic rings. The third-order valence-corrected chi connectivity index (χ3v) is 10.3. The van der Waals surface area contributed by atoms with Gasteiger partial charge in [-0.2, -0.15) is 0 Å². The van der Waals surface area contributed by atoms with E-state index in [1.807, 2.05) is 37.4 Å². The SMILES string of the molecule is C[C@@H]1[C@H](C)CCC[C@@H]1NC(=O)[C@@H]1N(CCN(C)Cc2ccccc2)C(=O)[C@@H]2[C@H](C(=O)Nc3ccc(Cl)cc3)[C@@H]3C=C[C@]21O3. The molecule has 4 aliphatic rings. The van der Waals surface area contributed by atoms with Crippen LogP contribution in [0.1, 0.15) is 38.7 Å². The third-order valence-electron chi connectivity index (χ3n) is 10.1. The number of ether oxygens (including phenoxy) is 1. The molecular formula is C34H41ClN4O4. The van der Waals surface area contributed by atoms with Gasteiger partial charge in [0.15, 0.2) is 0 Å². The van der Waals surface area contributed by atoms with E-state index in [0.29, 0.717) is 35.6 Å². The lowest BCUT2D eigenvalue weighted by molar-refractivity contribution is -0.141. The number of anilines is 1. The van der Waals surface area contributed by atoms with Crippen LogP contribution >= 0.6 is 11.6 Å². The molecule has 6 rings (SSSR count). The molecule has 3 heterocycles. The van der Waals surface area contributed by atoms with Gasteiger partial charge in [-0.25, -0.2) is 0 Å². The summed E-state index contributed by atoms with van der Waals surface area (Å²) in [6, 6.07) is 16.2. The van der Waals surface area contributed by atoms with Crippen molar-refractivity contribution in [2.24, 2.45) is 23.7 Å². The Morgan fingerprint density at radius 2 is 1.81 bits per heavy atom. The number of amides is 3. The molecule has 3 amide bonds. The summed E-state index contributed by atoms with van der Waals surface area (Å²) in [6.45, 7) is 6.07. The third kappa shape index (κ3) is 5.61. The summed E-state index contributed by atoms with van der Waals surface area (Å²) in [7, 11) is 2.01. The van der Waals surface area contributed by atoms with Gasteiger partial charge in [0.05, 0.1) is 17.9 Å². The molecule has 8 nitrogen and oxygen atoms in total. The molecule has 2 bridgehead atoms. The Balaban J connectivity index is 1.26. The number of hydrogen-bond acceptors (Lipinski definition) is 5. The summed E-state index contributed by atoms with van der Waals surface area (Å²) in [4.78, 5) is 46.0. The molecule has 1 spiro atoms. The molecule has 1 aliphatic carbocycles. The fourth-order valence-corrected chi connectivity index (χ4v) is 7.69. The highest BCUT2D eigenvalue weighted by atomic mass is 35.5. The number of carbonyl (C=O) groups is 3. The maximum absolute atomic E-state index is 14.3. The van der Waals surface area contributed by atoms with Crippen molar-refractivity contribution in [2.75, 3.05) is 25.5 Å². The Bertz CT molecular complexity index is 1380. The molecule has 228 valence electrons. The highest BCUT2D eigenvalue weighted by Gasteiger charge is 2.72. The first kappa shape index (κ1) is 29.9. The van der Waals surface area contributed by atoms with E-state index in [1.54, 1.807) is 29.2 Å². The summed E-state index contributed by atoms with van der Waals surface area (Å²) in [5, 5.41) is 6.84. The van der Waals surface area contributed by atoms with Crippen molar-refractivity contribution < 1.29 is 19.1 Å². The van der Waals surface area contributed by atoms with E-state index in [0.717, 1.165) is 25.8 Å². The minimum atomic E-state index is -1.19. The van der Waals surface area contributed by atoms with Gasteiger partial charge in [0.2, 0.25) is 17.7 Å². The number of likely N-dealkylation sites (N-methyl/N-ethyl adjacent to an activating group) is 1. The van der Waals surface area contributed by atoms with Crippen LogP contribution in [-0.2, 0) is 25.7 Å². The van der Waals surface area contributed by atoms with Gasteiger partial charge >= 0.3 is 0 Å². The van der Waals surface area contributed by atoms with Crippen LogP contribution in [0.15, 0.2) is 66.7 Å². The number of nitrogens with one attached hydrogen (secondary N) is 2. The second kappa shape index (κ2) is 12.1. The number of benzene rings is 2. The first-order valence-electron chi connectivity index (χ1n) is 15.4. The van der Waals surface area contributed by atoms with Crippen LogP contribution in [0.25, 0.3) is 0 Å². The fraction of sp³-hybridized carbons (Fsp3) is 0.500. The lowest BCUT2D eigenvalue weighted by Gasteiger charge is -2.38. The zero-order chi connectivity index (χ0) is 30.3. The maximum atomic E-state index is 14.3.